The summed E-state index contributed by atoms with van der Waals surface area (Å²) in [5.74, 6) is 0.120. The number of ether oxygens (including phenoxy) is 3. The van der Waals surface area contributed by atoms with Crippen LogP contribution in [0.25, 0.3) is 11.3 Å². The van der Waals surface area contributed by atoms with E-state index in [1.807, 2.05) is 48.6 Å². The number of nitrogens with zero attached hydrogens (tertiary/aromatic N) is 2. The van der Waals surface area contributed by atoms with Crippen molar-refractivity contribution in [3.8, 4) is 5.75 Å². The lowest BCUT2D eigenvalue weighted by Gasteiger charge is -2.12. The van der Waals surface area contributed by atoms with Gasteiger partial charge in [0.2, 0.25) is 0 Å². The highest BCUT2D eigenvalue weighted by Crippen LogP contribution is 2.24. The van der Waals surface area contributed by atoms with Crippen LogP contribution >= 0.6 is 11.6 Å². The van der Waals surface area contributed by atoms with Gasteiger partial charge in [0.1, 0.15) is 12.2 Å². The molecule has 0 amide bonds. The van der Waals surface area contributed by atoms with Crippen LogP contribution in [0.4, 0.5) is 0 Å². The van der Waals surface area contributed by atoms with E-state index in [4.69, 9.17) is 25.8 Å². The Morgan fingerprint density at radius 2 is 2.10 bits per heavy atom. The first kappa shape index (κ1) is 20.5. The van der Waals surface area contributed by atoms with E-state index >= 15 is 0 Å². The maximum Gasteiger partial charge on any atom is 0.341 e. The van der Waals surface area contributed by atoms with Crippen molar-refractivity contribution in [2.24, 2.45) is 0 Å². The first-order valence-electron chi connectivity index (χ1n) is 8.92. The second-order valence-electron chi connectivity index (χ2n) is 6.14. The van der Waals surface area contributed by atoms with E-state index in [-0.39, 0.29) is 6.61 Å². The molecule has 7 heteroatoms. The molecule has 0 unspecified atom stereocenters. The lowest BCUT2D eigenvalue weighted by Crippen LogP contribution is -2.08. The molecule has 0 radical (unpaired) electrons. The van der Waals surface area contributed by atoms with Crippen molar-refractivity contribution < 1.29 is 19.0 Å². The van der Waals surface area contributed by atoms with Gasteiger partial charge >= 0.3 is 5.97 Å². The highest BCUT2D eigenvalue weighted by Gasteiger charge is 2.17. The first-order valence-corrected chi connectivity index (χ1v) is 9.30. The van der Waals surface area contributed by atoms with Gasteiger partial charge in [-0.2, -0.15) is 5.10 Å². The molecule has 0 bridgehead atoms. The van der Waals surface area contributed by atoms with Crippen molar-refractivity contribution in [1.82, 2.24) is 9.78 Å². The van der Waals surface area contributed by atoms with Crippen LogP contribution in [0.1, 0.15) is 17.5 Å². The van der Waals surface area contributed by atoms with Gasteiger partial charge in [-0.1, -0.05) is 41.9 Å². The van der Waals surface area contributed by atoms with Crippen LogP contribution in [0.5, 0.6) is 5.75 Å². The van der Waals surface area contributed by atoms with E-state index in [1.54, 1.807) is 17.1 Å². The number of aromatic nitrogens is 2. The summed E-state index contributed by atoms with van der Waals surface area (Å²) in [4.78, 5) is 12.1. The van der Waals surface area contributed by atoms with Gasteiger partial charge in [-0.25, -0.2) is 9.48 Å². The average molecular weight is 413 g/mol. The normalized spacial score (nSPS) is 14.0. The number of hydrogen-bond acceptors (Lipinski definition) is 5. The fraction of sp³-hybridized carbons (Fsp3) is 0.182. The lowest BCUT2D eigenvalue weighted by atomic mass is 10.0. The molecule has 1 aliphatic rings. The maximum atomic E-state index is 12.1. The Bertz CT molecular complexity index is 1000. The smallest absolute Gasteiger partial charge is 0.341 e. The molecule has 0 fully saturated rings. The average Bonchev–Trinajstić information content (AvgIpc) is 3.11. The Morgan fingerprint density at radius 3 is 2.90 bits per heavy atom. The summed E-state index contributed by atoms with van der Waals surface area (Å²) in [6.07, 6.45) is 13.2. The molecule has 6 nitrogen and oxygen atoms in total. The molecule has 1 aromatic heterocycles. The summed E-state index contributed by atoms with van der Waals surface area (Å²) in [6, 6.07) is 7.42. The Labute approximate surface area is 174 Å². The predicted molar refractivity (Wildman–Crippen MR) is 112 cm³/mol. The van der Waals surface area contributed by atoms with Crippen LogP contribution in [0.3, 0.4) is 0 Å². The molecule has 1 heterocycles. The van der Waals surface area contributed by atoms with Crippen molar-refractivity contribution in [3.05, 3.63) is 83.4 Å². The monoisotopic (exact) mass is 412 g/mol. The van der Waals surface area contributed by atoms with Gasteiger partial charge in [0.25, 0.3) is 0 Å². The summed E-state index contributed by atoms with van der Waals surface area (Å²) < 4.78 is 17.5. The molecule has 1 aliphatic carbocycles. The molecule has 0 atom stereocenters. The number of rotatable bonds is 7. The number of benzene rings is 1. The van der Waals surface area contributed by atoms with Gasteiger partial charge < -0.3 is 14.2 Å². The fourth-order valence-corrected chi connectivity index (χ4v) is 2.94. The maximum absolute atomic E-state index is 12.1. The molecular formula is C22H21ClN2O4. The molecule has 1 aromatic carbocycles. The zero-order chi connectivity index (χ0) is 20.6. The van der Waals surface area contributed by atoms with Crippen LogP contribution < -0.4 is 4.74 Å². The summed E-state index contributed by atoms with van der Waals surface area (Å²) in [7, 11) is 2.81. The number of halogens is 1. The molecule has 0 saturated carbocycles. The van der Waals surface area contributed by atoms with E-state index in [1.165, 1.54) is 20.5 Å². The Kier molecular flexibility index (Phi) is 6.92. The van der Waals surface area contributed by atoms with Gasteiger partial charge in [-0.3, -0.25) is 0 Å². The van der Waals surface area contributed by atoms with Gasteiger partial charge in [0.15, 0.2) is 5.75 Å². The second-order valence-corrected chi connectivity index (χ2v) is 6.62. The number of esters is 1. The number of allylic oxidation sites excluding steroid dienone is 6. The van der Waals surface area contributed by atoms with Gasteiger partial charge in [0.05, 0.1) is 38.6 Å². The van der Waals surface area contributed by atoms with Crippen molar-refractivity contribution in [3.63, 3.8) is 0 Å². The molecule has 0 spiro atoms. The lowest BCUT2D eigenvalue weighted by molar-refractivity contribution is -0.133. The Balaban J connectivity index is 1.77. The van der Waals surface area contributed by atoms with Crippen molar-refractivity contribution in [1.29, 1.82) is 0 Å². The van der Waals surface area contributed by atoms with Gasteiger partial charge in [0, 0.05) is 11.5 Å². The summed E-state index contributed by atoms with van der Waals surface area (Å²) in [6.45, 7) is 0.251. The minimum absolute atomic E-state index is 0.251. The number of methoxy groups -OCH3 is 2. The quantitative estimate of drug-likeness (QED) is 0.379. The largest absolute Gasteiger partial charge is 0.503 e. The van der Waals surface area contributed by atoms with E-state index in [9.17, 15) is 4.79 Å². The van der Waals surface area contributed by atoms with E-state index in [0.717, 1.165) is 16.3 Å². The van der Waals surface area contributed by atoms with Crippen molar-refractivity contribution >= 4 is 28.8 Å². The van der Waals surface area contributed by atoms with Gasteiger partial charge in [-0.15, -0.1) is 0 Å². The molecule has 0 saturated heterocycles. The van der Waals surface area contributed by atoms with Crippen LogP contribution in [0.2, 0.25) is 0 Å². The molecule has 29 heavy (non-hydrogen) atoms. The second kappa shape index (κ2) is 9.80. The van der Waals surface area contributed by atoms with Crippen LogP contribution in [0.15, 0.2) is 72.3 Å². The first-order chi connectivity index (χ1) is 14.1. The molecule has 3 rings (SSSR count). The molecule has 150 valence electrons. The third kappa shape index (κ3) is 5.18. The summed E-state index contributed by atoms with van der Waals surface area (Å²) in [5, 5.41) is 5.11. The van der Waals surface area contributed by atoms with E-state index in [2.05, 4.69) is 5.10 Å². The SMILES string of the molecule is CO/C=C(/C(=O)OC)c1ccccc1COc1cnn(C2=CC=C(Cl)CC=C2)c1. The molecular weight excluding hydrogens is 392 g/mol. The van der Waals surface area contributed by atoms with Crippen molar-refractivity contribution in [2.45, 2.75) is 13.0 Å². The third-order valence-electron chi connectivity index (χ3n) is 4.20. The molecule has 0 aliphatic heterocycles. The van der Waals surface area contributed by atoms with E-state index < -0.39 is 5.97 Å². The Morgan fingerprint density at radius 1 is 1.28 bits per heavy atom. The van der Waals surface area contributed by atoms with E-state index in [0.29, 0.717) is 23.3 Å². The number of carbonyl (C=O) groups is 1. The predicted octanol–water partition coefficient (Wildman–Crippen LogP) is 4.55. The van der Waals surface area contributed by atoms with Crippen LogP contribution in [-0.4, -0.2) is 30.0 Å². The van der Waals surface area contributed by atoms with Crippen LogP contribution in [0, 0.1) is 0 Å². The van der Waals surface area contributed by atoms with Crippen molar-refractivity contribution in [2.75, 3.05) is 14.2 Å². The minimum Gasteiger partial charge on any atom is -0.503 e. The number of hydrogen-bond donors (Lipinski definition) is 0. The third-order valence-corrected chi connectivity index (χ3v) is 4.48. The molecule has 0 N–H and O–H groups in total. The zero-order valence-corrected chi connectivity index (χ0v) is 16.9. The van der Waals surface area contributed by atoms with Gasteiger partial charge in [-0.05, 0) is 29.4 Å². The summed E-state index contributed by atoms with van der Waals surface area (Å²) >= 11 is 6.06. The zero-order valence-electron chi connectivity index (χ0n) is 16.2. The topological polar surface area (TPSA) is 62.6 Å². The minimum atomic E-state index is -0.481. The van der Waals surface area contributed by atoms with Crippen LogP contribution in [-0.2, 0) is 20.9 Å². The highest BCUT2D eigenvalue weighted by molar-refractivity contribution is 6.29. The Hall–Kier alpha value is -3.25. The summed E-state index contributed by atoms with van der Waals surface area (Å²) in [5.41, 5.74) is 2.70. The number of carbonyl (C=O) groups excluding carboxylic acids is 1. The standard InChI is InChI=1S/C22H21ClN2O4/c1-27-15-21(22(26)28-2)20-9-4-3-6-16(20)14-29-19-12-24-25(13-19)18-8-5-7-17(23)10-11-18/h3-6,8-13,15H,7,14H2,1-2H3/b21-15+. The fourth-order valence-electron chi connectivity index (χ4n) is 2.79. The molecule has 2 aromatic rings. The highest BCUT2D eigenvalue weighted by atomic mass is 35.5.